The average molecular weight is 272 g/mol. The monoisotopic (exact) mass is 272 g/mol. The summed E-state index contributed by atoms with van der Waals surface area (Å²) in [4.78, 5) is 5.31. The van der Waals surface area contributed by atoms with Crippen LogP contribution in [0.2, 0.25) is 0 Å². The molecular weight excluding hydrogens is 244 g/mol. The summed E-state index contributed by atoms with van der Waals surface area (Å²) < 4.78 is 0. The molecule has 2 heterocycles. The Kier molecular flexibility index (Phi) is 4.62. The number of nitrogens with zero attached hydrogens (tertiary/aromatic N) is 2. The minimum Gasteiger partial charge on any atom is -0.370 e. The molecule has 1 atom stereocenters. The van der Waals surface area contributed by atoms with Gasteiger partial charge in [-0.3, -0.25) is 4.90 Å². The summed E-state index contributed by atoms with van der Waals surface area (Å²) in [7, 11) is 0. The van der Waals surface area contributed by atoms with Crippen LogP contribution in [0.4, 0.5) is 5.69 Å². The molecule has 0 aliphatic carbocycles. The van der Waals surface area contributed by atoms with E-state index in [2.05, 4.69) is 41.0 Å². The lowest BCUT2D eigenvalue weighted by Crippen LogP contribution is -2.36. The summed E-state index contributed by atoms with van der Waals surface area (Å²) in [5, 5.41) is 0. The van der Waals surface area contributed by atoms with E-state index in [1.165, 1.54) is 76.0 Å². The largest absolute Gasteiger partial charge is 0.370 e. The third-order valence-electron chi connectivity index (χ3n) is 4.92. The predicted octanol–water partition coefficient (Wildman–Crippen LogP) is 3.70. The molecule has 0 radical (unpaired) electrons. The van der Waals surface area contributed by atoms with Crippen molar-refractivity contribution in [3.8, 4) is 0 Å². The van der Waals surface area contributed by atoms with E-state index in [0.717, 1.165) is 6.04 Å². The second kappa shape index (κ2) is 6.62. The Bertz CT molecular complexity index is 412. The Labute approximate surface area is 123 Å². The van der Waals surface area contributed by atoms with Crippen molar-refractivity contribution < 1.29 is 0 Å². The highest BCUT2D eigenvalue weighted by atomic mass is 15.3. The Hall–Kier alpha value is -1.02. The fourth-order valence-electron chi connectivity index (χ4n) is 3.70. The van der Waals surface area contributed by atoms with Gasteiger partial charge in [0, 0.05) is 31.4 Å². The lowest BCUT2D eigenvalue weighted by Gasteiger charge is -2.27. The van der Waals surface area contributed by atoms with Crippen LogP contribution in [0.15, 0.2) is 24.3 Å². The van der Waals surface area contributed by atoms with Gasteiger partial charge in [0.25, 0.3) is 0 Å². The van der Waals surface area contributed by atoms with Gasteiger partial charge < -0.3 is 4.90 Å². The predicted molar refractivity (Wildman–Crippen MR) is 86.5 cm³/mol. The highest BCUT2D eigenvalue weighted by Crippen LogP contribution is 2.25. The van der Waals surface area contributed by atoms with Gasteiger partial charge in [-0.2, -0.15) is 0 Å². The highest BCUT2D eigenvalue weighted by molar-refractivity contribution is 5.48. The van der Waals surface area contributed by atoms with Gasteiger partial charge in [-0.1, -0.05) is 25.5 Å². The number of benzene rings is 1. The number of aryl methyl sites for hydroxylation is 1. The zero-order chi connectivity index (χ0) is 13.8. The normalized spacial score (nSPS) is 23.6. The average Bonchev–Trinajstić information content (AvgIpc) is 2.83. The molecule has 2 nitrogen and oxygen atoms in total. The lowest BCUT2D eigenvalue weighted by atomic mass is 10.1. The van der Waals surface area contributed by atoms with E-state index < -0.39 is 0 Å². The molecule has 0 aromatic heterocycles. The van der Waals surface area contributed by atoms with Crippen LogP contribution in [-0.2, 0) is 6.42 Å². The van der Waals surface area contributed by atoms with E-state index in [0.29, 0.717) is 0 Å². The molecule has 20 heavy (non-hydrogen) atoms. The maximum Gasteiger partial charge on any atom is 0.0366 e. The van der Waals surface area contributed by atoms with Crippen molar-refractivity contribution in [2.75, 3.05) is 31.1 Å². The van der Waals surface area contributed by atoms with E-state index in [1.54, 1.807) is 0 Å². The topological polar surface area (TPSA) is 6.48 Å². The number of hydrogen-bond donors (Lipinski definition) is 0. The van der Waals surface area contributed by atoms with Crippen LogP contribution in [0.25, 0.3) is 0 Å². The Morgan fingerprint density at radius 3 is 2.65 bits per heavy atom. The summed E-state index contributed by atoms with van der Waals surface area (Å²) in [6.07, 6.45) is 7.92. The molecule has 2 aliphatic heterocycles. The minimum atomic E-state index is 0.803. The molecule has 0 spiro atoms. The van der Waals surface area contributed by atoms with Crippen molar-refractivity contribution in [3.05, 3.63) is 29.8 Å². The third-order valence-corrected chi connectivity index (χ3v) is 4.92. The molecule has 1 unspecified atom stereocenters. The van der Waals surface area contributed by atoms with Gasteiger partial charge in [0.05, 0.1) is 0 Å². The van der Waals surface area contributed by atoms with E-state index in [4.69, 9.17) is 0 Å². The van der Waals surface area contributed by atoms with E-state index in [9.17, 15) is 0 Å². The summed E-state index contributed by atoms with van der Waals surface area (Å²) in [5.74, 6) is 0. The summed E-state index contributed by atoms with van der Waals surface area (Å²) >= 11 is 0. The Morgan fingerprint density at radius 1 is 1.05 bits per heavy atom. The van der Waals surface area contributed by atoms with Crippen molar-refractivity contribution in [1.82, 2.24) is 4.90 Å². The number of fused-ring (bicyclic) bond motifs is 1. The van der Waals surface area contributed by atoms with Crippen LogP contribution in [0, 0.1) is 0 Å². The zero-order valence-corrected chi connectivity index (χ0v) is 12.9. The molecule has 2 fully saturated rings. The first-order valence-electron chi connectivity index (χ1n) is 8.45. The van der Waals surface area contributed by atoms with Gasteiger partial charge in [0.1, 0.15) is 0 Å². The number of hydrogen-bond acceptors (Lipinski definition) is 2. The first kappa shape index (κ1) is 13.9. The smallest absolute Gasteiger partial charge is 0.0366 e. The van der Waals surface area contributed by atoms with Gasteiger partial charge >= 0.3 is 0 Å². The summed E-state index contributed by atoms with van der Waals surface area (Å²) in [6, 6.07) is 10.2. The highest BCUT2D eigenvalue weighted by Gasteiger charge is 2.28. The standard InChI is InChI=1S/C18H28N2/c1-2-3-6-16-8-10-17(11-9-16)20-14-5-13-19-12-4-7-18(19)15-20/h8-11,18H,2-7,12-15H2,1H3. The Morgan fingerprint density at radius 2 is 1.85 bits per heavy atom. The SMILES string of the molecule is CCCCc1ccc(N2CCCN3CCCC3C2)cc1. The van der Waals surface area contributed by atoms with Gasteiger partial charge in [0.15, 0.2) is 0 Å². The summed E-state index contributed by atoms with van der Waals surface area (Å²) in [6.45, 7) is 7.35. The van der Waals surface area contributed by atoms with Crippen molar-refractivity contribution in [1.29, 1.82) is 0 Å². The van der Waals surface area contributed by atoms with Gasteiger partial charge in [-0.25, -0.2) is 0 Å². The number of anilines is 1. The van der Waals surface area contributed by atoms with Gasteiger partial charge in [-0.15, -0.1) is 0 Å². The molecule has 2 aliphatic rings. The second-order valence-electron chi connectivity index (χ2n) is 6.40. The van der Waals surface area contributed by atoms with Crippen molar-refractivity contribution in [3.63, 3.8) is 0 Å². The third kappa shape index (κ3) is 3.17. The van der Waals surface area contributed by atoms with Crippen LogP contribution in [0.3, 0.4) is 0 Å². The molecule has 0 amide bonds. The molecule has 3 rings (SSSR count). The molecule has 0 N–H and O–H groups in total. The number of unbranched alkanes of at least 4 members (excludes halogenated alkanes) is 1. The van der Waals surface area contributed by atoms with Crippen molar-refractivity contribution >= 4 is 5.69 Å². The first-order valence-corrected chi connectivity index (χ1v) is 8.45. The van der Waals surface area contributed by atoms with E-state index in [-0.39, 0.29) is 0 Å². The van der Waals surface area contributed by atoms with Gasteiger partial charge in [0.2, 0.25) is 0 Å². The molecule has 0 saturated carbocycles. The molecule has 110 valence electrons. The van der Waals surface area contributed by atoms with Crippen molar-refractivity contribution in [2.24, 2.45) is 0 Å². The molecule has 1 aromatic rings. The maximum atomic E-state index is 2.70. The van der Waals surface area contributed by atoms with Crippen molar-refractivity contribution in [2.45, 2.75) is 51.5 Å². The maximum absolute atomic E-state index is 2.70. The van der Waals surface area contributed by atoms with Crippen LogP contribution in [0.1, 0.15) is 44.6 Å². The van der Waals surface area contributed by atoms with Crippen LogP contribution in [0.5, 0.6) is 0 Å². The Balaban J connectivity index is 1.65. The quantitative estimate of drug-likeness (QED) is 0.824. The minimum absolute atomic E-state index is 0.803. The second-order valence-corrected chi connectivity index (χ2v) is 6.40. The fourth-order valence-corrected chi connectivity index (χ4v) is 3.70. The molecular formula is C18H28N2. The number of rotatable bonds is 4. The van der Waals surface area contributed by atoms with Crippen LogP contribution >= 0.6 is 0 Å². The lowest BCUT2D eigenvalue weighted by molar-refractivity contribution is 0.273. The van der Waals surface area contributed by atoms with E-state index >= 15 is 0 Å². The first-order chi connectivity index (χ1) is 9.86. The van der Waals surface area contributed by atoms with Crippen LogP contribution < -0.4 is 4.90 Å². The fraction of sp³-hybridized carbons (Fsp3) is 0.667. The van der Waals surface area contributed by atoms with Gasteiger partial charge in [-0.05, 0) is 56.3 Å². The molecule has 0 bridgehead atoms. The zero-order valence-electron chi connectivity index (χ0n) is 12.9. The molecule has 2 saturated heterocycles. The van der Waals surface area contributed by atoms with E-state index in [1.807, 2.05) is 0 Å². The molecule has 2 heteroatoms. The van der Waals surface area contributed by atoms with Crippen LogP contribution in [-0.4, -0.2) is 37.1 Å². The summed E-state index contributed by atoms with van der Waals surface area (Å²) in [5.41, 5.74) is 2.92. The molecule has 1 aromatic carbocycles.